The van der Waals surface area contributed by atoms with Crippen molar-refractivity contribution in [3.63, 3.8) is 0 Å². The fourth-order valence-electron chi connectivity index (χ4n) is 2.14. The molecule has 92 valence electrons. The highest BCUT2D eigenvalue weighted by molar-refractivity contribution is 5.89. The standard InChI is InChI=1S/C12H12N4O2/c1-6-3-4-8-7(5-6)13-9-10(16(8)2)14-12(18)15-11(9)17/h3-5,13H,1-2H3,(H2,14,15,17,18). The van der Waals surface area contributed by atoms with Gasteiger partial charge in [0.25, 0.3) is 5.56 Å². The summed E-state index contributed by atoms with van der Waals surface area (Å²) in [5.74, 6) is 0.472. The number of rotatable bonds is 0. The number of anilines is 4. The molecule has 0 amide bonds. The van der Waals surface area contributed by atoms with Crippen molar-refractivity contribution in [3.05, 3.63) is 44.6 Å². The summed E-state index contributed by atoms with van der Waals surface area (Å²) in [5.41, 5.74) is 2.28. The van der Waals surface area contributed by atoms with Crippen LogP contribution in [-0.2, 0) is 0 Å². The average Bonchev–Trinajstić information content (AvgIpc) is 2.31. The van der Waals surface area contributed by atoms with Crippen molar-refractivity contribution in [3.8, 4) is 0 Å². The predicted molar refractivity (Wildman–Crippen MR) is 70.2 cm³/mol. The zero-order chi connectivity index (χ0) is 12.9. The summed E-state index contributed by atoms with van der Waals surface area (Å²) in [4.78, 5) is 29.7. The molecule has 3 N–H and O–H groups in total. The summed E-state index contributed by atoms with van der Waals surface area (Å²) in [6.07, 6.45) is 0. The van der Waals surface area contributed by atoms with Crippen LogP contribution in [0.4, 0.5) is 22.9 Å². The third kappa shape index (κ3) is 1.42. The van der Waals surface area contributed by atoms with Gasteiger partial charge in [-0.25, -0.2) is 4.79 Å². The fourth-order valence-corrected chi connectivity index (χ4v) is 2.14. The van der Waals surface area contributed by atoms with Gasteiger partial charge in [-0.15, -0.1) is 0 Å². The van der Waals surface area contributed by atoms with Crippen molar-refractivity contribution < 1.29 is 0 Å². The first-order chi connectivity index (χ1) is 8.56. The van der Waals surface area contributed by atoms with Gasteiger partial charge in [0.2, 0.25) is 0 Å². The van der Waals surface area contributed by atoms with Gasteiger partial charge in [0.05, 0.1) is 11.4 Å². The van der Waals surface area contributed by atoms with E-state index in [9.17, 15) is 9.59 Å². The largest absolute Gasteiger partial charge is 0.346 e. The Morgan fingerprint density at radius 1 is 1.17 bits per heavy atom. The van der Waals surface area contributed by atoms with Crippen LogP contribution in [0.1, 0.15) is 5.56 Å². The zero-order valence-corrected chi connectivity index (χ0v) is 10.00. The molecule has 6 nitrogen and oxygen atoms in total. The quantitative estimate of drug-likeness (QED) is 0.650. The van der Waals surface area contributed by atoms with Gasteiger partial charge in [0.15, 0.2) is 0 Å². The molecule has 0 aliphatic carbocycles. The second-order valence-corrected chi connectivity index (χ2v) is 4.34. The molecule has 0 bridgehead atoms. The number of nitrogens with one attached hydrogen (secondary N) is 3. The lowest BCUT2D eigenvalue weighted by Crippen LogP contribution is -2.31. The number of aromatic amines is 2. The van der Waals surface area contributed by atoms with Gasteiger partial charge in [-0.1, -0.05) is 6.07 Å². The summed E-state index contributed by atoms with van der Waals surface area (Å²) in [5, 5.41) is 3.05. The van der Waals surface area contributed by atoms with Crippen LogP contribution in [0.2, 0.25) is 0 Å². The Balaban J connectivity index is 2.28. The molecule has 1 aromatic carbocycles. The topological polar surface area (TPSA) is 81.0 Å². The van der Waals surface area contributed by atoms with Crippen molar-refractivity contribution in [2.45, 2.75) is 6.92 Å². The maximum absolute atomic E-state index is 11.8. The van der Waals surface area contributed by atoms with Gasteiger partial charge < -0.3 is 10.2 Å². The number of benzene rings is 1. The Hall–Kier alpha value is -2.50. The second-order valence-electron chi connectivity index (χ2n) is 4.34. The van der Waals surface area contributed by atoms with Crippen molar-refractivity contribution in [2.24, 2.45) is 0 Å². The van der Waals surface area contributed by atoms with E-state index < -0.39 is 11.2 Å². The number of aromatic nitrogens is 2. The molecule has 0 saturated carbocycles. The van der Waals surface area contributed by atoms with Crippen molar-refractivity contribution in [1.29, 1.82) is 0 Å². The van der Waals surface area contributed by atoms with Crippen LogP contribution in [0.15, 0.2) is 27.8 Å². The maximum Gasteiger partial charge on any atom is 0.327 e. The molecular weight excluding hydrogens is 232 g/mol. The van der Waals surface area contributed by atoms with E-state index in [1.165, 1.54) is 0 Å². The van der Waals surface area contributed by atoms with Crippen LogP contribution in [0.25, 0.3) is 0 Å². The molecule has 18 heavy (non-hydrogen) atoms. The summed E-state index contributed by atoms with van der Waals surface area (Å²) in [6.45, 7) is 1.98. The number of fused-ring (bicyclic) bond motifs is 2. The SMILES string of the molecule is Cc1ccc2c(c1)Nc1c([nH]c(=O)[nH]c1=O)N2C. The second kappa shape index (κ2) is 3.49. The minimum Gasteiger partial charge on any atom is -0.346 e. The molecule has 1 aliphatic rings. The van der Waals surface area contributed by atoms with Gasteiger partial charge in [-0.3, -0.25) is 14.8 Å². The number of H-pyrrole nitrogens is 2. The van der Waals surface area contributed by atoms with Gasteiger partial charge in [0, 0.05) is 7.05 Å². The molecule has 0 fully saturated rings. The van der Waals surface area contributed by atoms with E-state index in [4.69, 9.17) is 0 Å². The maximum atomic E-state index is 11.8. The first-order valence-electron chi connectivity index (χ1n) is 5.54. The lowest BCUT2D eigenvalue weighted by Gasteiger charge is -2.29. The molecule has 0 radical (unpaired) electrons. The van der Waals surface area contributed by atoms with E-state index in [1.54, 1.807) is 4.90 Å². The van der Waals surface area contributed by atoms with Gasteiger partial charge in [0.1, 0.15) is 11.5 Å². The number of aryl methyl sites for hydroxylation is 1. The molecule has 0 saturated heterocycles. The van der Waals surface area contributed by atoms with Crippen LogP contribution in [0.3, 0.4) is 0 Å². The minimum absolute atomic E-state index is 0.357. The smallest absolute Gasteiger partial charge is 0.327 e. The molecule has 1 aromatic heterocycles. The van der Waals surface area contributed by atoms with E-state index in [-0.39, 0.29) is 0 Å². The monoisotopic (exact) mass is 244 g/mol. The van der Waals surface area contributed by atoms with Crippen molar-refractivity contribution in [1.82, 2.24) is 9.97 Å². The zero-order valence-electron chi connectivity index (χ0n) is 10.00. The molecule has 2 aromatic rings. The highest BCUT2D eigenvalue weighted by Crippen LogP contribution is 2.39. The normalized spacial score (nSPS) is 12.7. The first-order valence-corrected chi connectivity index (χ1v) is 5.54. The number of hydrogen-bond donors (Lipinski definition) is 3. The van der Waals surface area contributed by atoms with Gasteiger partial charge in [-0.2, -0.15) is 0 Å². The number of nitrogens with zero attached hydrogens (tertiary/aromatic N) is 1. The van der Waals surface area contributed by atoms with Crippen LogP contribution in [-0.4, -0.2) is 17.0 Å². The lowest BCUT2D eigenvalue weighted by atomic mass is 10.1. The molecule has 0 atom stereocenters. The van der Waals surface area contributed by atoms with Crippen molar-refractivity contribution >= 4 is 22.9 Å². The average molecular weight is 244 g/mol. The molecule has 6 heteroatoms. The van der Waals surface area contributed by atoms with Crippen LogP contribution in [0.5, 0.6) is 0 Å². The Bertz CT molecular complexity index is 744. The highest BCUT2D eigenvalue weighted by atomic mass is 16.2. The predicted octanol–water partition coefficient (Wildman–Crippen LogP) is 1.20. The Morgan fingerprint density at radius 3 is 2.72 bits per heavy atom. The fraction of sp³-hybridized carbons (Fsp3) is 0.167. The molecule has 0 spiro atoms. The van der Waals surface area contributed by atoms with E-state index >= 15 is 0 Å². The number of hydrogen-bond acceptors (Lipinski definition) is 4. The van der Waals surface area contributed by atoms with E-state index in [0.717, 1.165) is 16.9 Å². The van der Waals surface area contributed by atoms with E-state index in [1.807, 2.05) is 32.2 Å². The van der Waals surface area contributed by atoms with Crippen LogP contribution in [0, 0.1) is 6.92 Å². The summed E-state index contributed by atoms with van der Waals surface area (Å²) in [6, 6.07) is 5.88. The van der Waals surface area contributed by atoms with E-state index in [0.29, 0.717) is 11.5 Å². The Morgan fingerprint density at radius 2 is 1.94 bits per heavy atom. The van der Waals surface area contributed by atoms with Crippen LogP contribution < -0.4 is 21.5 Å². The van der Waals surface area contributed by atoms with Crippen molar-refractivity contribution in [2.75, 3.05) is 17.3 Å². The molecular formula is C12H12N4O2. The third-order valence-electron chi connectivity index (χ3n) is 3.03. The highest BCUT2D eigenvalue weighted by Gasteiger charge is 2.22. The Labute approximate surface area is 102 Å². The summed E-state index contributed by atoms with van der Waals surface area (Å²) >= 11 is 0. The van der Waals surface area contributed by atoms with Gasteiger partial charge >= 0.3 is 5.69 Å². The molecule has 3 rings (SSSR count). The molecule has 2 heterocycles. The first kappa shape index (κ1) is 10.6. The minimum atomic E-state index is -0.511. The lowest BCUT2D eigenvalue weighted by molar-refractivity contribution is 0.992. The van der Waals surface area contributed by atoms with Gasteiger partial charge in [-0.05, 0) is 24.6 Å². The molecule has 1 aliphatic heterocycles. The molecule has 0 unspecified atom stereocenters. The third-order valence-corrected chi connectivity index (χ3v) is 3.03. The van der Waals surface area contributed by atoms with E-state index in [2.05, 4.69) is 15.3 Å². The summed E-state index contributed by atoms with van der Waals surface area (Å²) < 4.78 is 0. The van der Waals surface area contributed by atoms with Crippen LogP contribution >= 0.6 is 0 Å². The summed E-state index contributed by atoms with van der Waals surface area (Å²) in [7, 11) is 1.81. The Kier molecular flexibility index (Phi) is 2.07.